The van der Waals surface area contributed by atoms with E-state index in [-0.39, 0.29) is 5.91 Å². The van der Waals surface area contributed by atoms with Crippen molar-refractivity contribution in [1.82, 2.24) is 9.78 Å². The highest BCUT2D eigenvalue weighted by molar-refractivity contribution is 6.34. The lowest BCUT2D eigenvalue weighted by atomic mass is 10.2. The molecule has 0 saturated carbocycles. The largest absolute Gasteiger partial charge is 0.395 e. The van der Waals surface area contributed by atoms with E-state index < -0.39 is 0 Å². The number of amides is 1. The van der Waals surface area contributed by atoms with Crippen molar-refractivity contribution < 1.29 is 4.79 Å². The molecule has 1 amide bonds. The Hall–Kier alpha value is -2.01. The molecular formula is C14H17ClN4O. The molecule has 0 aliphatic rings. The van der Waals surface area contributed by atoms with Gasteiger partial charge >= 0.3 is 0 Å². The summed E-state index contributed by atoms with van der Waals surface area (Å²) < 4.78 is 1.49. The number of nitrogens with two attached hydrogens (primary N) is 1. The molecule has 0 saturated heterocycles. The van der Waals surface area contributed by atoms with E-state index in [0.717, 1.165) is 5.56 Å². The minimum atomic E-state index is -0.317. The van der Waals surface area contributed by atoms with Crippen molar-refractivity contribution in [2.75, 3.05) is 11.1 Å². The van der Waals surface area contributed by atoms with Crippen molar-refractivity contribution >= 4 is 28.9 Å². The van der Waals surface area contributed by atoms with Crippen LogP contribution in [0.25, 0.3) is 0 Å². The van der Waals surface area contributed by atoms with E-state index >= 15 is 0 Å². The lowest BCUT2D eigenvalue weighted by molar-refractivity contribution is 0.101. The lowest BCUT2D eigenvalue weighted by Gasteiger charge is -2.08. The normalized spacial score (nSPS) is 10.6. The maximum atomic E-state index is 12.3. The number of anilines is 2. The summed E-state index contributed by atoms with van der Waals surface area (Å²) in [5.41, 5.74) is 9.01. The van der Waals surface area contributed by atoms with E-state index in [9.17, 15) is 4.79 Å². The summed E-state index contributed by atoms with van der Waals surface area (Å²) >= 11 is 6.10. The molecule has 5 nitrogen and oxygen atoms in total. The van der Waals surface area contributed by atoms with Gasteiger partial charge in [-0.2, -0.15) is 5.10 Å². The van der Waals surface area contributed by atoms with Crippen LogP contribution >= 0.6 is 11.6 Å². The summed E-state index contributed by atoms with van der Waals surface area (Å²) in [6, 6.07) is 5.44. The Morgan fingerprint density at radius 2 is 2.20 bits per heavy atom. The van der Waals surface area contributed by atoms with Gasteiger partial charge in [0.2, 0.25) is 0 Å². The second kappa shape index (κ2) is 5.54. The van der Waals surface area contributed by atoms with Crippen LogP contribution < -0.4 is 11.1 Å². The van der Waals surface area contributed by atoms with Gasteiger partial charge in [-0.05, 0) is 31.0 Å². The van der Waals surface area contributed by atoms with Gasteiger partial charge in [0, 0.05) is 7.05 Å². The van der Waals surface area contributed by atoms with Crippen molar-refractivity contribution in [3.63, 3.8) is 0 Å². The summed E-state index contributed by atoms with van der Waals surface area (Å²) in [6.07, 6.45) is 0.679. The Morgan fingerprint density at radius 1 is 1.50 bits per heavy atom. The first kappa shape index (κ1) is 14.4. The van der Waals surface area contributed by atoms with Crippen molar-refractivity contribution in [3.05, 3.63) is 40.2 Å². The molecule has 0 spiro atoms. The number of carbonyl (C=O) groups is 1. The molecule has 0 aliphatic carbocycles. The fourth-order valence-electron chi connectivity index (χ4n) is 2.03. The maximum Gasteiger partial charge on any atom is 0.276 e. The predicted molar refractivity (Wildman–Crippen MR) is 81.1 cm³/mol. The zero-order chi connectivity index (χ0) is 14.9. The van der Waals surface area contributed by atoms with E-state index in [4.69, 9.17) is 17.3 Å². The highest BCUT2D eigenvalue weighted by Crippen LogP contribution is 2.24. The number of hydrogen-bond donors (Lipinski definition) is 2. The average Bonchev–Trinajstić information content (AvgIpc) is 2.67. The van der Waals surface area contributed by atoms with Crippen LogP contribution in [0.4, 0.5) is 11.4 Å². The molecule has 2 aromatic rings. The first-order valence-corrected chi connectivity index (χ1v) is 6.70. The van der Waals surface area contributed by atoms with Crippen molar-refractivity contribution in [2.45, 2.75) is 20.3 Å². The second-order valence-electron chi connectivity index (χ2n) is 4.62. The van der Waals surface area contributed by atoms with Crippen LogP contribution in [0.15, 0.2) is 18.2 Å². The summed E-state index contributed by atoms with van der Waals surface area (Å²) in [5.74, 6) is -0.317. The zero-order valence-corrected chi connectivity index (χ0v) is 12.5. The highest BCUT2D eigenvalue weighted by Gasteiger charge is 2.19. The molecule has 0 radical (unpaired) electrons. The number of aryl methyl sites for hydroxylation is 3. The lowest BCUT2D eigenvalue weighted by Crippen LogP contribution is -2.17. The number of benzene rings is 1. The van der Waals surface area contributed by atoms with E-state index in [2.05, 4.69) is 10.4 Å². The number of rotatable bonds is 3. The summed E-state index contributed by atoms with van der Waals surface area (Å²) in [7, 11) is 1.70. The Bertz CT molecular complexity index is 663. The Labute approximate surface area is 122 Å². The Balaban J connectivity index is 2.31. The number of aromatic nitrogens is 2. The van der Waals surface area contributed by atoms with E-state index in [1.807, 2.05) is 19.9 Å². The highest BCUT2D eigenvalue weighted by atomic mass is 35.5. The number of carbonyl (C=O) groups excluding carboxylic acids is 1. The molecule has 20 heavy (non-hydrogen) atoms. The summed E-state index contributed by atoms with van der Waals surface area (Å²) in [5, 5.41) is 7.48. The fourth-order valence-corrected chi connectivity index (χ4v) is 2.31. The van der Waals surface area contributed by atoms with Gasteiger partial charge in [-0.3, -0.25) is 9.48 Å². The minimum Gasteiger partial charge on any atom is -0.395 e. The molecule has 0 atom stereocenters. The van der Waals surface area contributed by atoms with Gasteiger partial charge in [0.1, 0.15) is 5.69 Å². The Morgan fingerprint density at radius 3 is 2.75 bits per heavy atom. The molecule has 1 aromatic carbocycles. The Kier molecular flexibility index (Phi) is 3.99. The van der Waals surface area contributed by atoms with Gasteiger partial charge in [0.05, 0.1) is 22.1 Å². The summed E-state index contributed by atoms with van der Waals surface area (Å²) in [6.45, 7) is 3.88. The van der Waals surface area contributed by atoms with Crippen LogP contribution in [0.2, 0.25) is 5.02 Å². The third kappa shape index (κ3) is 2.63. The third-order valence-corrected chi connectivity index (χ3v) is 3.40. The summed E-state index contributed by atoms with van der Waals surface area (Å²) in [4.78, 5) is 12.3. The smallest absolute Gasteiger partial charge is 0.276 e. The first-order chi connectivity index (χ1) is 9.43. The van der Waals surface area contributed by atoms with Crippen LogP contribution in [-0.2, 0) is 13.5 Å². The van der Waals surface area contributed by atoms with Gasteiger partial charge in [0.25, 0.3) is 5.91 Å². The molecule has 1 aromatic heterocycles. The van der Waals surface area contributed by atoms with Gasteiger partial charge in [-0.1, -0.05) is 24.6 Å². The van der Waals surface area contributed by atoms with E-state index in [1.165, 1.54) is 4.68 Å². The number of nitrogen functional groups attached to an aromatic ring is 1. The molecule has 0 fully saturated rings. The molecule has 0 aliphatic heterocycles. The molecule has 6 heteroatoms. The monoisotopic (exact) mass is 292 g/mol. The van der Waals surface area contributed by atoms with Crippen LogP contribution in [-0.4, -0.2) is 15.7 Å². The van der Waals surface area contributed by atoms with Crippen LogP contribution in [0.3, 0.4) is 0 Å². The zero-order valence-electron chi connectivity index (χ0n) is 11.7. The second-order valence-corrected chi connectivity index (χ2v) is 5.03. The van der Waals surface area contributed by atoms with Crippen LogP contribution in [0, 0.1) is 6.92 Å². The topological polar surface area (TPSA) is 72.9 Å². The first-order valence-electron chi connectivity index (χ1n) is 6.32. The quantitative estimate of drug-likeness (QED) is 0.913. The SMILES string of the molecule is CCc1nn(C)c(C(=O)Nc2ccc(C)cc2Cl)c1N. The molecule has 2 rings (SSSR count). The van der Waals surface area contributed by atoms with Gasteiger partial charge in [-0.15, -0.1) is 0 Å². The maximum absolute atomic E-state index is 12.3. The van der Waals surface area contributed by atoms with Crippen molar-refractivity contribution in [3.8, 4) is 0 Å². The third-order valence-electron chi connectivity index (χ3n) is 3.08. The van der Waals surface area contributed by atoms with Crippen LogP contribution in [0.1, 0.15) is 28.7 Å². The number of halogens is 1. The molecule has 3 N–H and O–H groups in total. The predicted octanol–water partition coefficient (Wildman–Crippen LogP) is 2.78. The van der Waals surface area contributed by atoms with Gasteiger partial charge < -0.3 is 11.1 Å². The molecule has 1 heterocycles. The minimum absolute atomic E-state index is 0.317. The molecule has 0 unspecified atom stereocenters. The standard InChI is InChI=1S/C14H17ClN4O/c1-4-10-12(16)13(19(3)18-10)14(20)17-11-6-5-8(2)7-9(11)15/h5-7H,4,16H2,1-3H3,(H,17,20). The fraction of sp³-hybridized carbons (Fsp3) is 0.286. The number of hydrogen-bond acceptors (Lipinski definition) is 3. The van der Waals surface area contributed by atoms with Crippen molar-refractivity contribution in [2.24, 2.45) is 7.05 Å². The average molecular weight is 293 g/mol. The molecular weight excluding hydrogens is 276 g/mol. The van der Waals surface area contributed by atoms with Gasteiger partial charge in [-0.25, -0.2) is 0 Å². The number of nitrogens with one attached hydrogen (secondary N) is 1. The molecule has 0 bridgehead atoms. The van der Waals surface area contributed by atoms with E-state index in [0.29, 0.717) is 34.2 Å². The molecule has 106 valence electrons. The van der Waals surface area contributed by atoms with E-state index in [1.54, 1.807) is 19.2 Å². The van der Waals surface area contributed by atoms with Crippen LogP contribution in [0.5, 0.6) is 0 Å². The number of nitrogens with zero attached hydrogens (tertiary/aromatic N) is 2. The van der Waals surface area contributed by atoms with Gasteiger partial charge in [0.15, 0.2) is 0 Å². The van der Waals surface area contributed by atoms with Crippen molar-refractivity contribution in [1.29, 1.82) is 0 Å².